The maximum Gasteiger partial charge on any atom is 0.308 e. The molecule has 7 heteroatoms. The molecule has 0 bridgehead atoms. The van der Waals surface area contributed by atoms with Crippen molar-refractivity contribution in [3.8, 4) is 0 Å². The van der Waals surface area contributed by atoms with Crippen LogP contribution in [0.5, 0.6) is 0 Å². The highest BCUT2D eigenvalue weighted by Crippen LogP contribution is 2.44. The van der Waals surface area contributed by atoms with Crippen LogP contribution in [-0.4, -0.2) is 49.9 Å². The third-order valence-electron chi connectivity index (χ3n) is 8.13. The third kappa shape index (κ3) is 7.42. The molecule has 0 saturated carbocycles. The molecule has 206 valence electrons. The number of rotatable bonds is 5. The van der Waals surface area contributed by atoms with Crippen molar-refractivity contribution < 1.29 is 28.5 Å². The average Bonchev–Trinajstić information content (AvgIpc) is 3.15. The second kappa shape index (κ2) is 12.0. The lowest BCUT2D eigenvalue weighted by molar-refractivity contribution is -0.151. The Balaban J connectivity index is 1.97. The molecule has 1 aromatic carbocycles. The number of carbonyl (C=O) groups is 1. The Labute approximate surface area is 224 Å². The third-order valence-corrected chi connectivity index (χ3v) is 12.7. The SMILES string of the molecule is CC(=CCO)[C@H]1OC(=O)C[C@H](O[Si](C)(C)C(C)(C)C)CC[C@@]2(C)O[C@@H](c3ccccc3)O[C@H]2C=C[C@@H]1C. The van der Waals surface area contributed by atoms with Crippen LogP contribution in [0, 0.1) is 5.92 Å². The number of esters is 1. The number of aliphatic hydroxyl groups is 1. The van der Waals surface area contributed by atoms with Gasteiger partial charge in [-0.3, -0.25) is 4.79 Å². The first kappa shape index (κ1) is 29.8. The Bertz CT molecular complexity index is 966. The molecule has 1 aromatic rings. The van der Waals surface area contributed by atoms with E-state index < -0.39 is 26.3 Å². The van der Waals surface area contributed by atoms with E-state index in [1.807, 2.05) is 56.3 Å². The van der Waals surface area contributed by atoms with Gasteiger partial charge in [0.2, 0.25) is 0 Å². The van der Waals surface area contributed by atoms with Crippen molar-refractivity contribution in [1.29, 1.82) is 0 Å². The van der Waals surface area contributed by atoms with Gasteiger partial charge in [-0.05, 0) is 50.4 Å². The Kier molecular flexibility index (Phi) is 9.62. The zero-order valence-electron chi connectivity index (χ0n) is 23.8. The van der Waals surface area contributed by atoms with Gasteiger partial charge in [-0.25, -0.2) is 0 Å². The molecular formula is C30H46O6Si. The van der Waals surface area contributed by atoms with Gasteiger partial charge in [-0.1, -0.05) is 76.3 Å². The Morgan fingerprint density at radius 2 is 1.89 bits per heavy atom. The maximum absolute atomic E-state index is 13.2. The molecule has 1 saturated heterocycles. The van der Waals surface area contributed by atoms with Crippen molar-refractivity contribution in [2.45, 2.75) is 109 Å². The fourth-order valence-corrected chi connectivity index (χ4v) is 6.08. The molecule has 3 rings (SSSR count). The Morgan fingerprint density at radius 1 is 1.22 bits per heavy atom. The van der Waals surface area contributed by atoms with E-state index >= 15 is 0 Å². The van der Waals surface area contributed by atoms with Crippen molar-refractivity contribution >= 4 is 14.3 Å². The molecule has 1 N–H and O–H groups in total. The summed E-state index contributed by atoms with van der Waals surface area (Å²) in [6.07, 6.45) is 5.78. The minimum Gasteiger partial charge on any atom is -0.457 e. The van der Waals surface area contributed by atoms with Crippen LogP contribution in [0.4, 0.5) is 0 Å². The summed E-state index contributed by atoms with van der Waals surface area (Å²) in [7, 11) is -2.14. The number of ether oxygens (including phenoxy) is 3. The minimum atomic E-state index is -2.14. The molecule has 2 aliphatic rings. The van der Waals surface area contributed by atoms with Crippen LogP contribution < -0.4 is 0 Å². The molecule has 0 aliphatic carbocycles. The molecule has 1 fully saturated rings. The number of hydrogen-bond acceptors (Lipinski definition) is 6. The van der Waals surface area contributed by atoms with Crippen LogP contribution in [0.25, 0.3) is 0 Å². The molecule has 2 heterocycles. The summed E-state index contributed by atoms with van der Waals surface area (Å²) in [5, 5.41) is 9.49. The van der Waals surface area contributed by atoms with Gasteiger partial charge in [0.05, 0.1) is 24.7 Å². The fourth-order valence-electron chi connectivity index (χ4n) is 4.69. The highest BCUT2D eigenvalue weighted by molar-refractivity contribution is 6.74. The summed E-state index contributed by atoms with van der Waals surface area (Å²) in [6, 6.07) is 9.99. The first-order valence-electron chi connectivity index (χ1n) is 13.5. The molecular weight excluding hydrogens is 484 g/mol. The van der Waals surface area contributed by atoms with E-state index in [0.717, 1.165) is 11.1 Å². The highest BCUT2D eigenvalue weighted by atomic mass is 28.4. The normalized spacial score (nSPS) is 32.3. The molecule has 0 amide bonds. The first-order valence-corrected chi connectivity index (χ1v) is 16.4. The quantitative estimate of drug-likeness (QED) is 0.267. The zero-order valence-corrected chi connectivity index (χ0v) is 24.8. The summed E-state index contributed by atoms with van der Waals surface area (Å²) in [4.78, 5) is 13.2. The predicted molar refractivity (Wildman–Crippen MR) is 148 cm³/mol. The van der Waals surface area contributed by atoms with Crippen LogP contribution in [0.3, 0.4) is 0 Å². The van der Waals surface area contributed by atoms with Crippen LogP contribution in [-0.2, 0) is 23.4 Å². The summed E-state index contributed by atoms with van der Waals surface area (Å²) in [5.74, 6) is -0.401. The molecule has 37 heavy (non-hydrogen) atoms. The van der Waals surface area contributed by atoms with Crippen LogP contribution in [0.15, 0.2) is 54.1 Å². The minimum absolute atomic E-state index is 0.0125. The van der Waals surface area contributed by atoms with Gasteiger partial charge < -0.3 is 23.7 Å². The van der Waals surface area contributed by atoms with Gasteiger partial charge in [0, 0.05) is 11.5 Å². The smallest absolute Gasteiger partial charge is 0.308 e. The zero-order chi connectivity index (χ0) is 27.4. The van der Waals surface area contributed by atoms with Crippen molar-refractivity contribution in [2.24, 2.45) is 5.92 Å². The number of carbonyl (C=O) groups excluding carboxylic acids is 1. The predicted octanol–water partition coefficient (Wildman–Crippen LogP) is 6.48. The molecule has 0 unspecified atom stereocenters. The van der Waals surface area contributed by atoms with E-state index in [2.05, 4.69) is 40.8 Å². The average molecular weight is 531 g/mol. The van der Waals surface area contributed by atoms with Crippen molar-refractivity contribution in [1.82, 2.24) is 0 Å². The van der Waals surface area contributed by atoms with Crippen LogP contribution in [0.2, 0.25) is 18.1 Å². The topological polar surface area (TPSA) is 74.2 Å². The number of fused-ring (bicyclic) bond motifs is 1. The Morgan fingerprint density at radius 3 is 2.51 bits per heavy atom. The molecule has 0 spiro atoms. The first-order chi connectivity index (χ1) is 17.3. The standard InChI is InChI=1S/C30H46O6Si/c1-21-14-15-25-30(6,35-28(33-25)23-12-10-9-11-13-23)18-16-24(36-37(7,8)29(3,4)5)20-26(32)34-27(21)22(2)17-19-31/h9-15,17,21,24-25,27-28,31H,16,18-20H2,1-8H3/t21-,24+,25-,27-,28-,30+/m0/s1. The van der Waals surface area contributed by atoms with E-state index in [1.165, 1.54) is 0 Å². The van der Waals surface area contributed by atoms with Crippen LogP contribution in [0.1, 0.15) is 72.7 Å². The molecule has 6 atom stereocenters. The van der Waals surface area contributed by atoms with Crippen LogP contribution >= 0.6 is 0 Å². The van der Waals surface area contributed by atoms with Gasteiger partial charge in [-0.2, -0.15) is 0 Å². The number of hydrogen-bond donors (Lipinski definition) is 1. The van der Waals surface area contributed by atoms with Gasteiger partial charge in [0.15, 0.2) is 14.6 Å². The molecule has 0 radical (unpaired) electrons. The Hall–Kier alpha value is -1.77. The summed E-state index contributed by atoms with van der Waals surface area (Å²) < 4.78 is 25.8. The van der Waals surface area contributed by atoms with E-state index in [1.54, 1.807) is 6.08 Å². The van der Waals surface area contributed by atoms with E-state index in [9.17, 15) is 9.90 Å². The van der Waals surface area contributed by atoms with Crippen molar-refractivity contribution in [2.75, 3.05) is 6.61 Å². The largest absolute Gasteiger partial charge is 0.457 e. The van der Waals surface area contributed by atoms with Gasteiger partial charge >= 0.3 is 5.97 Å². The van der Waals surface area contributed by atoms with E-state index in [-0.39, 0.29) is 42.2 Å². The van der Waals surface area contributed by atoms with Gasteiger partial charge in [-0.15, -0.1) is 0 Å². The maximum atomic E-state index is 13.2. The fraction of sp³-hybridized carbons (Fsp3) is 0.633. The summed E-state index contributed by atoms with van der Waals surface area (Å²) >= 11 is 0. The summed E-state index contributed by atoms with van der Waals surface area (Å²) in [6.45, 7) is 16.9. The number of aliphatic hydroxyl groups excluding tert-OH is 1. The second-order valence-corrected chi connectivity index (χ2v) is 17.0. The van der Waals surface area contributed by atoms with E-state index in [0.29, 0.717) is 12.8 Å². The van der Waals surface area contributed by atoms with Gasteiger partial charge in [0.25, 0.3) is 0 Å². The lowest BCUT2D eigenvalue weighted by atomic mass is 9.89. The molecule has 0 aromatic heterocycles. The monoisotopic (exact) mass is 530 g/mol. The van der Waals surface area contributed by atoms with E-state index in [4.69, 9.17) is 18.6 Å². The summed E-state index contributed by atoms with van der Waals surface area (Å²) in [5.41, 5.74) is 1.22. The van der Waals surface area contributed by atoms with Crippen molar-refractivity contribution in [3.63, 3.8) is 0 Å². The number of benzene rings is 1. The molecule has 2 aliphatic heterocycles. The lowest BCUT2D eigenvalue weighted by Crippen LogP contribution is -2.45. The molecule has 6 nitrogen and oxygen atoms in total. The number of cyclic esters (lactones) is 1. The highest BCUT2D eigenvalue weighted by Gasteiger charge is 2.47. The van der Waals surface area contributed by atoms with Gasteiger partial charge in [0.1, 0.15) is 12.2 Å². The van der Waals surface area contributed by atoms with Crippen molar-refractivity contribution in [3.05, 3.63) is 59.7 Å². The second-order valence-electron chi connectivity index (χ2n) is 12.3. The lowest BCUT2D eigenvalue weighted by Gasteiger charge is -2.40.